The van der Waals surface area contributed by atoms with E-state index in [0.29, 0.717) is 13.0 Å². The second-order valence-corrected chi connectivity index (χ2v) is 3.45. The highest BCUT2D eigenvalue weighted by Gasteiger charge is 2.01. The molecule has 0 fully saturated rings. The maximum absolute atomic E-state index is 11.0. The lowest BCUT2D eigenvalue weighted by Gasteiger charge is -2.01. The zero-order valence-electron chi connectivity index (χ0n) is 9.20. The van der Waals surface area contributed by atoms with E-state index in [-0.39, 0.29) is 5.97 Å². The van der Waals surface area contributed by atoms with Gasteiger partial charge in [0.15, 0.2) is 0 Å². The summed E-state index contributed by atoms with van der Waals surface area (Å²) in [5.74, 6) is 0.932. The highest BCUT2D eigenvalue weighted by molar-refractivity contribution is 5.69. The van der Waals surface area contributed by atoms with Crippen molar-refractivity contribution >= 4 is 5.97 Å². The van der Waals surface area contributed by atoms with Crippen molar-refractivity contribution in [3.8, 4) is 0 Å². The van der Waals surface area contributed by atoms with E-state index in [4.69, 9.17) is 9.15 Å². The van der Waals surface area contributed by atoms with Crippen LogP contribution in [-0.2, 0) is 16.0 Å². The van der Waals surface area contributed by atoms with E-state index in [1.54, 1.807) is 6.26 Å². The van der Waals surface area contributed by atoms with Gasteiger partial charge in [0.1, 0.15) is 5.76 Å². The lowest BCUT2D eigenvalue weighted by Crippen LogP contribution is -2.03. The van der Waals surface area contributed by atoms with Gasteiger partial charge in [0.2, 0.25) is 0 Å². The largest absolute Gasteiger partial charge is 0.469 e. The standard InChI is InChI=1S/C12H18O3/c1-2-14-12(13)9-5-3-4-7-11-8-6-10-15-11/h6,8,10H,2-5,7,9H2,1H3. The number of unbranched alkanes of at least 4 members (excludes halogenated alkanes) is 2. The molecule has 0 aromatic carbocycles. The van der Waals surface area contributed by atoms with Crippen molar-refractivity contribution < 1.29 is 13.9 Å². The predicted octanol–water partition coefficient (Wildman–Crippen LogP) is 2.95. The van der Waals surface area contributed by atoms with E-state index >= 15 is 0 Å². The summed E-state index contributed by atoms with van der Waals surface area (Å²) in [7, 11) is 0. The van der Waals surface area contributed by atoms with Crippen LogP contribution in [0, 0.1) is 0 Å². The normalized spacial score (nSPS) is 10.2. The number of rotatable bonds is 7. The van der Waals surface area contributed by atoms with Crippen molar-refractivity contribution in [2.45, 2.75) is 39.0 Å². The van der Waals surface area contributed by atoms with Gasteiger partial charge in [0.25, 0.3) is 0 Å². The van der Waals surface area contributed by atoms with Crippen LogP contribution in [0.4, 0.5) is 0 Å². The van der Waals surface area contributed by atoms with Crippen LogP contribution >= 0.6 is 0 Å². The van der Waals surface area contributed by atoms with E-state index < -0.39 is 0 Å². The minimum atomic E-state index is -0.0875. The Morgan fingerprint density at radius 2 is 2.27 bits per heavy atom. The van der Waals surface area contributed by atoms with E-state index in [2.05, 4.69) is 0 Å². The van der Waals surface area contributed by atoms with Gasteiger partial charge in [0, 0.05) is 12.8 Å². The maximum atomic E-state index is 11.0. The van der Waals surface area contributed by atoms with Gasteiger partial charge in [-0.15, -0.1) is 0 Å². The number of carbonyl (C=O) groups excluding carboxylic acids is 1. The molecule has 0 aliphatic carbocycles. The zero-order chi connectivity index (χ0) is 10.9. The Bertz CT molecular complexity index is 264. The fourth-order valence-corrected chi connectivity index (χ4v) is 1.43. The minimum Gasteiger partial charge on any atom is -0.469 e. The van der Waals surface area contributed by atoms with Gasteiger partial charge in [-0.25, -0.2) is 0 Å². The molecule has 0 aliphatic rings. The van der Waals surface area contributed by atoms with Crippen LogP contribution in [-0.4, -0.2) is 12.6 Å². The summed E-state index contributed by atoms with van der Waals surface area (Å²) in [6.07, 6.45) is 6.18. The molecule has 1 aromatic rings. The first kappa shape index (κ1) is 11.8. The van der Waals surface area contributed by atoms with Crippen molar-refractivity contribution in [2.24, 2.45) is 0 Å². The number of aryl methyl sites for hydroxylation is 1. The van der Waals surface area contributed by atoms with Crippen molar-refractivity contribution in [1.82, 2.24) is 0 Å². The van der Waals surface area contributed by atoms with E-state index in [1.165, 1.54) is 0 Å². The zero-order valence-corrected chi connectivity index (χ0v) is 9.20. The average Bonchev–Trinajstić information content (AvgIpc) is 2.70. The molecule has 0 atom stereocenters. The Labute approximate surface area is 90.4 Å². The van der Waals surface area contributed by atoms with E-state index in [9.17, 15) is 4.79 Å². The molecular weight excluding hydrogens is 192 g/mol. The molecule has 0 saturated heterocycles. The van der Waals surface area contributed by atoms with Crippen LogP contribution in [0.25, 0.3) is 0 Å². The molecule has 0 aliphatic heterocycles. The Morgan fingerprint density at radius 1 is 1.40 bits per heavy atom. The number of ether oxygens (including phenoxy) is 1. The first-order chi connectivity index (χ1) is 7.33. The molecule has 3 heteroatoms. The molecule has 0 N–H and O–H groups in total. The molecule has 1 aromatic heterocycles. The Hall–Kier alpha value is -1.25. The molecule has 84 valence electrons. The summed E-state index contributed by atoms with van der Waals surface area (Å²) in [6, 6.07) is 3.87. The van der Waals surface area contributed by atoms with Gasteiger partial charge < -0.3 is 9.15 Å². The predicted molar refractivity (Wildman–Crippen MR) is 57.5 cm³/mol. The lowest BCUT2D eigenvalue weighted by molar-refractivity contribution is -0.143. The highest BCUT2D eigenvalue weighted by Crippen LogP contribution is 2.08. The van der Waals surface area contributed by atoms with Crippen molar-refractivity contribution in [1.29, 1.82) is 0 Å². The number of hydrogen-bond donors (Lipinski definition) is 0. The molecule has 1 rings (SSSR count). The second kappa shape index (κ2) is 7.10. The summed E-state index contributed by atoms with van der Waals surface area (Å²) < 4.78 is 10.0. The Kier molecular flexibility index (Phi) is 5.59. The fraction of sp³-hybridized carbons (Fsp3) is 0.583. The maximum Gasteiger partial charge on any atom is 0.305 e. The van der Waals surface area contributed by atoms with Crippen LogP contribution < -0.4 is 0 Å². The third kappa shape index (κ3) is 5.25. The molecule has 1 heterocycles. The fourth-order valence-electron chi connectivity index (χ4n) is 1.43. The number of esters is 1. The number of hydrogen-bond acceptors (Lipinski definition) is 3. The summed E-state index contributed by atoms with van der Waals surface area (Å²) in [4.78, 5) is 11.0. The molecule has 0 saturated carbocycles. The number of furan rings is 1. The van der Waals surface area contributed by atoms with Crippen LogP contribution in [0.5, 0.6) is 0 Å². The SMILES string of the molecule is CCOC(=O)CCCCCc1ccco1. The molecule has 0 unspecified atom stereocenters. The van der Waals surface area contributed by atoms with Crippen LogP contribution in [0.1, 0.15) is 38.4 Å². The van der Waals surface area contributed by atoms with Crippen LogP contribution in [0.15, 0.2) is 22.8 Å². The first-order valence-corrected chi connectivity index (χ1v) is 5.51. The summed E-state index contributed by atoms with van der Waals surface area (Å²) in [6.45, 7) is 2.31. The van der Waals surface area contributed by atoms with Gasteiger partial charge in [-0.3, -0.25) is 4.79 Å². The average molecular weight is 210 g/mol. The van der Waals surface area contributed by atoms with E-state index in [1.807, 2.05) is 19.1 Å². The van der Waals surface area contributed by atoms with Crippen LogP contribution in [0.2, 0.25) is 0 Å². The van der Waals surface area contributed by atoms with Gasteiger partial charge in [-0.2, -0.15) is 0 Å². The van der Waals surface area contributed by atoms with Crippen molar-refractivity contribution in [3.05, 3.63) is 24.2 Å². The smallest absolute Gasteiger partial charge is 0.305 e. The summed E-state index contributed by atoms with van der Waals surface area (Å²) in [5.41, 5.74) is 0. The second-order valence-electron chi connectivity index (χ2n) is 3.45. The minimum absolute atomic E-state index is 0.0875. The monoisotopic (exact) mass is 210 g/mol. The van der Waals surface area contributed by atoms with Crippen LogP contribution in [0.3, 0.4) is 0 Å². The molecule has 0 amide bonds. The summed E-state index contributed by atoms with van der Waals surface area (Å²) >= 11 is 0. The third-order valence-electron chi connectivity index (χ3n) is 2.19. The topological polar surface area (TPSA) is 39.4 Å². The quantitative estimate of drug-likeness (QED) is 0.513. The Balaban J connectivity index is 1.95. The first-order valence-electron chi connectivity index (χ1n) is 5.51. The molecule has 0 radical (unpaired) electrons. The van der Waals surface area contributed by atoms with Crippen molar-refractivity contribution in [3.63, 3.8) is 0 Å². The molecule has 15 heavy (non-hydrogen) atoms. The van der Waals surface area contributed by atoms with Gasteiger partial charge in [0.05, 0.1) is 12.9 Å². The Morgan fingerprint density at radius 3 is 2.93 bits per heavy atom. The highest BCUT2D eigenvalue weighted by atomic mass is 16.5. The van der Waals surface area contributed by atoms with Crippen molar-refractivity contribution in [2.75, 3.05) is 6.61 Å². The van der Waals surface area contributed by atoms with Gasteiger partial charge in [-0.1, -0.05) is 6.42 Å². The number of carbonyl (C=O) groups is 1. The molecule has 3 nitrogen and oxygen atoms in total. The van der Waals surface area contributed by atoms with E-state index in [0.717, 1.165) is 31.4 Å². The lowest BCUT2D eigenvalue weighted by atomic mass is 10.1. The van der Waals surface area contributed by atoms with Gasteiger partial charge in [-0.05, 0) is 31.9 Å². The van der Waals surface area contributed by atoms with Gasteiger partial charge >= 0.3 is 5.97 Å². The molecule has 0 spiro atoms. The molecule has 0 bridgehead atoms. The molecular formula is C12H18O3. The summed E-state index contributed by atoms with van der Waals surface area (Å²) in [5, 5.41) is 0. The third-order valence-corrected chi connectivity index (χ3v) is 2.19.